The lowest BCUT2D eigenvalue weighted by atomic mass is 10.1. The SMILES string of the molecule is CN(Cc1ccc(C(=O)Nc2ccccc2)cc1)C1CCCCCC1. The van der Waals surface area contributed by atoms with Crippen LogP contribution in [0.5, 0.6) is 0 Å². The van der Waals surface area contributed by atoms with E-state index >= 15 is 0 Å². The molecule has 1 fully saturated rings. The molecule has 3 nitrogen and oxygen atoms in total. The summed E-state index contributed by atoms with van der Waals surface area (Å²) in [7, 11) is 2.23. The Bertz CT molecular complexity index is 658. The fourth-order valence-electron chi connectivity index (χ4n) is 3.60. The van der Waals surface area contributed by atoms with Crippen LogP contribution in [0.1, 0.15) is 54.4 Å². The Kier molecular flexibility index (Phi) is 6.24. The van der Waals surface area contributed by atoms with Gasteiger partial charge in [0.2, 0.25) is 0 Å². The van der Waals surface area contributed by atoms with Crippen LogP contribution in [0.15, 0.2) is 54.6 Å². The number of hydrogen-bond donors (Lipinski definition) is 1. The number of nitrogens with zero attached hydrogens (tertiary/aromatic N) is 1. The van der Waals surface area contributed by atoms with Gasteiger partial charge in [-0.1, -0.05) is 56.0 Å². The molecule has 3 rings (SSSR count). The number of amides is 1. The van der Waals surface area contributed by atoms with Gasteiger partial charge in [-0.2, -0.15) is 0 Å². The molecule has 132 valence electrons. The molecule has 1 N–H and O–H groups in total. The van der Waals surface area contributed by atoms with E-state index in [4.69, 9.17) is 0 Å². The highest BCUT2D eigenvalue weighted by atomic mass is 16.1. The van der Waals surface area contributed by atoms with Crippen LogP contribution in [0.3, 0.4) is 0 Å². The maximum absolute atomic E-state index is 12.3. The number of carbonyl (C=O) groups is 1. The van der Waals surface area contributed by atoms with Gasteiger partial charge in [-0.25, -0.2) is 0 Å². The Morgan fingerprint density at radius 3 is 2.24 bits per heavy atom. The van der Waals surface area contributed by atoms with Crippen LogP contribution < -0.4 is 5.32 Å². The molecule has 1 amide bonds. The summed E-state index contributed by atoms with van der Waals surface area (Å²) in [6.45, 7) is 0.950. The highest BCUT2D eigenvalue weighted by molar-refractivity contribution is 6.04. The molecule has 0 saturated heterocycles. The van der Waals surface area contributed by atoms with Crippen molar-refractivity contribution in [1.82, 2.24) is 4.90 Å². The molecule has 0 heterocycles. The molecule has 1 aliphatic rings. The van der Waals surface area contributed by atoms with Crippen molar-refractivity contribution in [1.29, 1.82) is 0 Å². The van der Waals surface area contributed by atoms with Gasteiger partial charge < -0.3 is 5.32 Å². The first kappa shape index (κ1) is 17.7. The summed E-state index contributed by atoms with van der Waals surface area (Å²) in [5.41, 5.74) is 2.79. The van der Waals surface area contributed by atoms with E-state index in [1.807, 2.05) is 42.5 Å². The summed E-state index contributed by atoms with van der Waals surface area (Å²) in [4.78, 5) is 14.8. The zero-order valence-electron chi connectivity index (χ0n) is 15.1. The van der Waals surface area contributed by atoms with Crippen LogP contribution in [0, 0.1) is 0 Å². The summed E-state index contributed by atoms with van der Waals surface area (Å²) in [6, 6.07) is 18.3. The van der Waals surface area contributed by atoms with Gasteiger partial charge in [0.05, 0.1) is 0 Å². The van der Waals surface area contributed by atoms with Gasteiger partial charge in [-0.3, -0.25) is 9.69 Å². The van der Waals surface area contributed by atoms with Crippen molar-refractivity contribution in [2.45, 2.75) is 51.1 Å². The van der Waals surface area contributed by atoms with Gasteiger partial charge in [-0.15, -0.1) is 0 Å². The van der Waals surface area contributed by atoms with Crippen LogP contribution in [-0.4, -0.2) is 23.9 Å². The summed E-state index contributed by atoms with van der Waals surface area (Å²) in [5.74, 6) is -0.0603. The van der Waals surface area contributed by atoms with E-state index in [2.05, 4.69) is 29.4 Å². The molecule has 0 radical (unpaired) electrons. The quantitative estimate of drug-likeness (QED) is 0.771. The largest absolute Gasteiger partial charge is 0.322 e. The first-order valence-electron chi connectivity index (χ1n) is 9.38. The number of para-hydroxylation sites is 1. The Labute approximate surface area is 151 Å². The zero-order chi connectivity index (χ0) is 17.5. The standard InChI is InChI=1S/C22H28N2O/c1-24(21-11-7-2-3-8-12-21)17-18-13-15-19(16-14-18)22(25)23-20-9-5-4-6-10-20/h4-6,9-10,13-16,21H,2-3,7-8,11-12,17H2,1H3,(H,23,25). The van der Waals surface area contributed by atoms with Gasteiger partial charge in [0.1, 0.15) is 0 Å². The van der Waals surface area contributed by atoms with Crippen molar-refractivity contribution in [3.63, 3.8) is 0 Å². The summed E-state index contributed by atoms with van der Waals surface area (Å²) in [6.07, 6.45) is 8.11. The lowest BCUT2D eigenvalue weighted by molar-refractivity contribution is 0.102. The van der Waals surface area contributed by atoms with Crippen molar-refractivity contribution >= 4 is 11.6 Å². The normalized spacial score (nSPS) is 15.8. The predicted molar refractivity (Wildman–Crippen MR) is 104 cm³/mol. The highest BCUT2D eigenvalue weighted by Gasteiger charge is 2.17. The fourth-order valence-corrected chi connectivity index (χ4v) is 3.60. The molecule has 25 heavy (non-hydrogen) atoms. The van der Waals surface area contributed by atoms with Gasteiger partial charge in [0, 0.05) is 23.8 Å². The molecule has 0 bridgehead atoms. The maximum Gasteiger partial charge on any atom is 0.255 e. The van der Waals surface area contributed by atoms with E-state index in [9.17, 15) is 4.79 Å². The third kappa shape index (κ3) is 5.17. The third-order valence-electron chi connectivity index (χ3n) is 5.13. The van der Waals surface area contributed by atoms with Crippen LogP contribution in [0.4, 0.5) is 5.69 Å². The molecule has 0 aliphatic heterocycles. The van der Waals surface area contributed by atoms with Crippen LogP contribution in [-0.2, 0) is 6.54 Å². The maximum atomic E-state index is 12.3. The molecular weight excluding hydrogens is 308 g/mol. The minimum Gasteiger partial charge on any atom is -0.322 e. The van der Waals surface area contributed by atoms with Crippen LogP contribution >= 0.6 is 0 Å². The topological polar surface area (TPSA) is 32.3 Å². The van der Waals surface area contributed by atoms with Crippen molar-refractivity contribution in [3.05, 3.63) is 65.7 Å². The molecule has 1 saturated carbocycles. The number of carbonyl (C=O) groups excluding carboxylic acids is 1. The van der Waals surface area contributed by atoms with Crippen LogP contribution in [0.2, 0.25) is 0 Å². The van der Waals surface area contributed by atoms with Gasteiger partial charge >= 0.3 is 0 Å². The summed E-state index contributed by atoms with van der Waals surface area (Å²) < 4.78 is 0. The number of anilines is 1. The molecule has 2 aromatic carbocycles. The summed E-state index contributed by atoms with van der Waals surface area (Å²) in [5, 5.41) is 2.93. The summed E-state index contributed by atoms with van der Waals surface area (Å²) >= 11 is 0. The van der Waals surface area contributed by atoms with Crippen LogP contribution in [0.25, 0.3) is 0 Å². The minimum atomic E-state index is -0.0603. The zero-order valence-corrected chi connectivity index (χ0v) is 15.1. The fraction of sp³-hybridized carbons (Fsp3) is 0.409. The van der Waals surface area contributed by atoms with Crippen molar-refractivity contribution in [2.75, 3.05) is 12.4 Å². The lowest BCUT2D eigenvalue weighted by Gasteiger charge is -2.27. The third-order valence-corrected chi connectivity index (χ3v) is 5.13. The second-order valence-corrected chi connectivity index (χ2v) is 7.08. The van der Waals surface area contributed by atoms with E-state index in [-0.39, 0.29) is 5.91 Å². The molecule has 0 aromatic heterocycles. The number of benzene rings is 2. The molecule has 0 atom stereocenters. The Hall–Kier alpha value is -2.13. The lowest BCUT2D eigenvalue weighted by Crippen LogP contribution is -2.30. The van der Waals surface area contributed by atoms with Gasteiger partial charge in [0.25, 0.3) is 5.91 Å². The number of hydrogen-bond acceptors (Lipinski definition) is 2. The van der Waals surface area contributed by atoms with E-state index in [0.29, 0.717) is 11.6 Å². The van der Waals surface area contributed by atoms with Crippen molar-refractivity contribution in [3.8, 4) is 0 Å². The molecule has 0 spiro atoms. The van der Waals surface area contributed by atoms with Crippen molar-refractivity contribution < 1.29 is 4.79 Å². The van der Waals surface area contributed by atoms with Crippen molar-refractivity contribution in [2.24, 2.45) is 0 Å². The minimum absolute atomic E-state index is 0.0603. The smallest absolute Gasteiger partial charge is 0.255 e. The average molecular weight is 336 g/mol. The first-order chi connectivity index (χ1) is 12.2. The monoisotopic (exact) mass is 336 g/mol. The number of rotatable bonds is 5. The molecule has 1 aliphatic carbocycles. The second-order valence-electron chi connectivity index (χ2n) is 7.08. The van der Waals surface area contributed by atoms with Gasteiger partial charge in [-0.05, 0) is 49.7 Å². The first-order valence-corrected chi connectivity index (χ1v) is 9.38. The van der Waals surface area contributed by atoms with E-state index < -0.39 is 0 Å². The molecule has 2 aromatic rings. The molecule has 3 heteroatoms. The molecular formula is C22H28N2O. The molecule has 0 unspecified atom stereocenters. The van der Waals surface area contributed by atoms with E-state index in [1.165, 1.54) is 44.1 Å². The van der Waals surface area contributed by atoms with E-state index in [0.717, 1.165) is 12.2 Å². The highest BCUT2D eigenvalue weighted by Crippen LogP contribution is 2.22. The second kappa shape index (κ2) is 8.82. The Morgan fingerprint density at radius 2 is 1.60 bits per heavy atom. The number of nitrogens with one attached hydrogen (secondary N) is 1. The Morgan fingerprint density at radius 1 is 0.960 bits per heavy atom. The van der Waals surface area contributed by atoms with Gasteiger partial charge in [0.15, 0.2) is 0 Å². The van der Waals surface area contributed by atoms with E-state index in [1.54, 1.807) is 0 Å². The average Bonchev–Trinajstić information content (AvgIpc) is 2.92. The Balaban J connectivity index is 1.57. The predicted octanol–water partition coefficient (Wildman–Crippen LogP) is 5.09.